The zero-order valence-corrected chi connectivity index (χ0v) is 9.48. The molecular formula is C10H19N5. The Labute approximate surface area is 90.0 Å². The largest absolute Gasteiger partial charge is 0.322 e. The molecule has 0 radical (unpaired) electrons. The number of hydrogen-bond acceptors (Lipinski definition) is 4. The third kappa shape index (κ3) is 1.88. The molecule has 5 heteroatoms. The first-order chi connectivity index (χ1) is 7.17. The van der Waals surface area contributed by atoms with Crippen molar-refractivity contribution in [3.05, 3.63) is 5.82 Å². The molecule has 2 rings (SSSR count). The molecule has 15 heavy (non-hydrogen) atoms. The topological polar surface area (TPSA) is 69.6 Å². The molecule has 1 aromatic heterocycles. The molecule has 1 aliphatic rings. The normalized spacial score (nSPS) is 21.0. The maximum atomic E-state index is 5.82. The average molecular weight is 209 g/mol. The third-order valence-electron chi connectivity index (χ3n) is 3.62. The van der Waals surface area contributed by atoms with Gasteiger partial charge in [-0.1, -0.05) is 13.3 Å². The van der Waals surface area contributed by atoms with E-state index in [0.717, 1.165) is 12.4 Å². The van der Waals surface area contributed by atoms with Crippen molar-refractivity contribution >= 4 is 0 Å². The summed E-state index contributed by atoms with van der Waals surface area (Å²) in [5.74, 6) is 0.801. The fraction of sp³-hybridized carbons (Fsp3) is 0.900. The van der Waals surface area contributed by atoms with Gasteiger partial charge in [-0.15, -0.1) is 5.10 Å². The minimum Gasteiger partial charge on any atom is -0.322 e. The molecule has 0 amide bonds. The van der Waals surface area contributed by atoms with Crippen LogP contribution in [0.15, 0.2) is 0 Å². The molecule has 5 nitrogen and oxygen atoms in total. The fourth-order valence-corrected chi connectivity index (χ4v) is 2.27. The maximum Gasteiger partial charge on any atom is 0.167 e. The molecule has 1 aliphatic carbocycles. The second-order valence-corrected chi connectivity index (χ2v) is 4.69. The van der Waals surface area contributed by atoms with Gasteiger partial charge in [0.2, 0.25) is 0 Å². The molecule has 1 fully saturated rings. The van der Waals surface area contributed by atoms with E-state index in [2.05, 4.69) is 22.4 Å². The van der Waals surface area contributed by atoms with Crippen molar-refractivity contribution in [1.29, 1.82) is 0 Å². The summed E-state index contributed by atoms with van der Waals surface area (Å²) in [5.41, 5.74) is 6.24. The highest BCUT2D eigenvalue weighted by Crippen LogP contribution is 2.45. The van der Waals surface area contributed by atoms with E-state index in [0.29, 0.717) is 5.41 Å². The van der Waals surface area contributed by atoms with Crippen molar-refractivity contribution in [2.75, 3.05) is 0 Å². The molecular weight excluding hydrogens is 190 g/mol. The SMILES string of the molecule is CCC1(Cn2nnnc2C(C)N)CCC1. The van der Waals surface area contributed by atoms with Crippen LogP contribution in [0.5, 0.6) is 0 Å². The van der Waals surface area contributed by atoms with Gasteiger partial charge in [-0.2, -0.15) is 0 Å². The Bertz CT molecular complexity index is 321. The molecule has 0 bridgehead atoms. The number of aromatic nitrogens is 4. The second kappa shape index (κ2) is 3.89. The standard InChI is InChI=1S/C10H19N5/c1-3-10(5-4-6-10)7-15-9(8(2)11)12-13-14-15/h8H,3-7,11H2,1-2H3. The van der Waals surface area contributed by atoms with Gasteiger partial charge in [-0.25, -0.2) is 4.68 Å². The highest BCUT2D eigenvalue weighted by molar-refractivity contribution is 4.92. The number of rotatable bonds is 4. The lowest BCUT2D eigenvalue weighted by molar-refractivity contribution is 0.0922. The highest BCUT2D eigenvalue weighted by Gasteiger charge is 2.36. The molecule has 0 aromatic carbocycles. The van der Waals surface area contributed by atoms with Crippen molar-refractivity contribution < 1.29 is 0 Å². The van der Waals surface area contributed by atoms with E-state index in [9.17, 15) is 0 Å². The predicted molar refractivity (Wildman–Crippen MR) is 57.0 cm³/mol. The van der Waals surface area contributed by atoms with Crippen LogP contribution in [-0.2, 0) is 6.54 Å². The van der Waals surface area contributed by atoms with Crippen molar-refractivity contribution in [3.63, 3.8) is 0 Å². The van der Waals surface area contributed by atoms with E-state index < -0.39 is 0 Å². The maximum absolute atomic E-state index is 5.82. The second-order valence-electron chi connectivity index (χ2n) is 4.69. The Morgan fingerprint density at radius 3 is 2.73 bits per heavy atom. The molecule has 1 heterocycles. The van der Waals surface area contributed by atoms with Crippen LogP contribution >= 0.6 is 0 Å². The van der Waals surface area contributed by atoms with Crippen LogP contribution in [0.4, 0.5) is 0 Å². The Hall–Kier alpha value is -0.970. The molecule has 1 saturated carbocycles. The summed E-state index contributed by atoms with van der Waals surface area (Å²) in [5, 5.41) is 11.7. The van der Waals surface area contributed by atoms with Crippen molar-refractivity contribution in [2.24, 2.45) is 11.1 Å². The lowest BCUT2D eigenvalue weighted by Crippen LogP contribution is -2.35. The first-order valence-corrected chi connectivity index (χ1v) is 5.68. The molecule has 2 N–H and O–H groups in total. The van der Waals surface area contributed by atoms with Gasteiger partial charge in [-0.3, -0.25) is 0 Å². The number of nitrogens with zero attached hydrogens (tertiary/aromatic N) is 4. The van der Waals surface area contributed by atoms with Crippen LogP contribution in [0.25, 0.3) is 0 Å². The Morgan fingerprint density at radius 2 is 2.27 bits per heavy atom. The van der Waals surface area contributed by atoms with E-state index in [4.69, 9.17) is 5.73 Å². The Morgan fingerprint density at radius 1 is 1.53 bits per heavy atom. The predicted octanol–water partition coefficient (Wildman–Crippen LogP) is 1.27. The molecule has 1 atom stereocenters. The summed E-state index contributed by atoms with van der Waals surface area (Å²) < 4.78 is 1.88. The van der Waals surface area contributed by atoms with Crippen molar-refractivity contribution in [3.8, 4) is 0 Å². The quantitative estimate of drug-likeness (QED) is 0.810. The molecule has 1 aromatic rings. The van der Waals surface area contributed by atoms with Crippen LogP contribution in [-0.4, -0.2) is 20.2 Å². The van der Waals surface area contributed by atoms with Gasteiger partial charge < -0.3 is 5.73 Å². The summed E-state index contributed by atoms with van der Waals surface area (Å²) in [6, 6.07) is -0.0889. The van der Waals surface area contributed by atoms with Crippen molar-refractivity contribution in [2.45, 2.75) is 52.1 Å². The first kappa shape index (κ1) is 10.5. The van der Waals surface area contributed by atoms with Gasteiger partial charge in [-0.05, 0) is 42.0 Å². The zero-order chi connectivity index (χ0) is 10.9. The van der Waals surface area contributed by atoms with E-state index in [1.807, 2.05) is 11.6 Å². The minimum atomic E-state index is -0.0889. The average Bonchev–Trinajstić information content (AvgIpc) is 2.59. The lowest BCUT2D eigenvalue weighted by Gasteiger charge is -2.41. The summed E-state index contributed by atoms with van der Waals surface area (Å²) in [4.78, 5) is 0. The van der Waals surface area contributed by atoms with Crippen molar-refractivity contribution in [1.82, 2.24) is 20.2 Å². The first-order valence-electron chi connectivity index (χ1n) is 5.68. The van der Waals surface area contributed by atoms with Crippen LogP contribution in [0.2, 0.25) is 0 Å². The summed E-state index contributed by atoms with van der Waals surface area (Å²) in [6.07, 6.45) is 5.12. The van der Waals surface area contributed by atoms with Gasteiger partial charge >= 0.3 is 0 Å². The lowest BCUT2D eigenvalue weighted by atomic mass is 9.67. The number of tetrazole rings is 1. The smallest absolute Gasteiger partial charge is 0.167 e. The summed E-state index contributed by atoms with van der Waals surface area (Å²) in [7, 11) is 0. The molecule has 0 saturated heterocycles. The van der Waals surface area contributed by atoms with E-state index in [1.54, 1.807) is 0 Å². The molecule has 84 valence electrons. The Kier molecular flexibility index (Phi) is 2.73. The number of nitrogens with two attached hydrogens (primary N) is 1. The van der Waals surface area contributed by atoms with E-state index in [1.165, 1.54) is 25.7 Å². The monoisotopic (exact) mass is 209 g/mol. The number of hydrogen-bond donors (Lipinski definition) is 1. The summed E-state index contributed by atoms with van der Waals surface area (Å²) >= 11 is 0. The zero-order valence-electron chi connectivity index (χ0n) is 9.48. The third-order valence-corrected chi connectivity index (χ3v) is 3.62. The molecule has 0 aliphatic heterocycles. The highest BCUT2D eigenvalue weighted by atomic mass is 15.5. The molecule has 0 spiro atoms. The van der Waals surface area contributed by atoms with E-state index in [-0.39, 0.29) is 6.04 Å². The van der Waals surface area contributed by atoms with Gasteiger partial charge in [0.25, 0.3) is 0 Å². The van der Waals surface area contributed by atoms with Gasteiger partial charge in [0.05, 0.1) is 12.6 Å². The van der Waals surface area contributed by atoms with Crippen LogP contribution in [0, 0.1) is 5.41 Å². The van der Waals surface area contributed by atoms with E-state index >= 15 is 0 Å². The van der Waals surface area contributed by atoms with Crippen LogP contribution < -0.4 is 5.73 Å². The van der Waals surface area contributed by atoms with Gasteiger partial charge in [0, 0.05) is 0 Å². The summed E-state index contributed by atoms with van der Waals surface area (Å²) in [6.45, 7) is 5.09. The van der Waals surface area contributed by atoms with Gasteiger partial charge in [0.15, 0.2) is 5.82 Å². The minimum absolute atomic E-state index is 0.0889. The molecule has 1 unspecified atom stereocenters. The van der Waals surface area contributed by atoms with Crippen LogP contribution in [0.3, 0.4) is 0 Å². The van der Waals surface area contributed by atoms with Gasteiger partial charge in [0.1, 0.15) is 0 Å². The fourth-order valence-electron chi connectivity index (χ4n) is 2.27. The Balaban J connectivity index is 2.13. The van der Waals surface area contributed by atoms with Crippen LogP contribution in [0.1, 0.15) is 51.4 Å².